The van der Waals surface area contributed by atoms with Crippen LogP contribution in [0.4, 0.5) is 5.69 Å². The van der Waals surface area contributed by atoms with Crippen LogP contribution in [0.25, 0.3) is 11.1 Å². The Kier molecular flexibility index (Phi) is 5.66. The lowest BCUT2D eigenvalue weighted by molar-refractivity contribution is -0.123. The van der Waals surface area contributed by atoms with Gasteiger partial charge in [0.15, 0.2) is 17.6 Å². The molecule has 0 saturated heterocycles. The summed E-state index contributed by atoms with van der Waals surface area (Å²) < 4.78 is 16.3. The van der Waals surface area contributed by atoms with E-state index in [4.69, 9.17) is 14.2 Å². The standard InChI is InChI=1S/C24H21NO5/c1-16(23(26)25-20-11-12-21-22(15-20)29-14-13-28-21)30-24(27)19-9-7-18(8-10-19)17-5-3-2-4-6-17/h2-12,15-16H,13-14H2,1H3,(H,25,26)/t16-/m1/s1. The van der Waals surface area contributed by atoms with E-state index >= 15 is 0 Å². The van der Waals surface area contributed by atoms with Gasteiger partial charge >= 0.3 is 5.97 Å². The zero-order valence-electron chi connectivity index (χ0n) is 16.5. The fourth-order valence-corrected chi connectivity index (χ4v) is 3.08. The summed E-state index contributed by atoms with van der Waals surface area (Å²) in [5.74, 6) is 0.222. The van der Waals surface area contributed by atoms with Crippen molar-refractivity contribution >= 4 is 17.6 Å². The highest BCUT2D eigenvalue weighted by Crippen LogP contribution is 2.32. The van der Waals surface area contributed by atoms with Crippen molar-refractivity contribution in [1.82, 2.24) is 0 Å². The maximum atomic E-state index is 12.4. The summed E-state index contributed by atoms with van der Waals surface area (Å²) in [7, 11) is 0. The number of nitrogens with one attached hydrogen (secondary N) is 1. The molecule has 1 N–H and O–H groups in total. The number of ether oxygens (including phenoxy) is 3. The van der Waals surface area contributed by atoms with E-state index in [0.29, 0.717) is 36.0 Å². The highest BCUT2D eigenvalue weighted by Gasteiger charge is 2.20. The van der Waals surface area contributed by atoms with E-state index in [1.165, 1.54) is 6.92 Å². The van der Waals surface area contributed by atoms with Crippen LogP contribution in [0.3, 0.4) is 0 Å². The van der Waals surface area contributed by atoms with Crippen molar-refractivity contribution in [3.05, 3.63) is 78.4 Å². The maximum Gasteiger partial charge on any atom is 0.338 e. The maximum absolute atomic E-state index is 12.4. The predicted octanol–water partition coefficient (Wildman–Crippen LogP) is 4.31. The lowest BCUT2D eigenvalue weighted by Gasteiger charge is -2.19. The molecule has 1 heterocycles. The van der Waals surface area contributed by atoms with Crippen molar-refractivity contribution in [3.8, 4) is 22.6 Å². The first-order valence-corrected chi connectivity index (χ1v) is 9.67. The molecule has 0 saturated carbocycles. The minimum Gasteiger partial charge on any atom is -0.486 e. The van der Waals surface area contributed by atoms with Gasteiger partial charge in [-0.1, -0.05) is 42.5 Å². The molecule has 0 fully saturated rings. The molecule has 3 aromatic carbocycles. The third-order valence-electron chi connectivity index (χ3n) is 4.69. The van der Waals surface area contributed by atoms with Gasteiger partial charge in [0.25, 0.3) is 5.91 Å². The number of fused-ring (bicyclic) bond motifs is 1. The summed E-state index contributed by atoms with van der Waals surface area (Å²) >= 11 is 0. The van der Waals surface area contributed by atoms with E-state index in [1.54, 1.807) is 30.3 Å². The van der Waals surface area contributed by atoms with E-state index in [0.717, 1.165) is 11.1 Å². The molecular formula is C24H21NO5. The van der Waals surface area contributed by atoms with Crippen LogP contribution in [0.1, 0.15) is 17.3 Å². The molecule has 152 valence electrons. The molecule has 6 heteroatoms. The van der Waals surface area contributed by atoms with Crippen molar-refractivity contribution < 1.29 is 23.8 Å². The number of esters is 1. The fourth-order valence-electron chi connectivity index (χ4n) is 3.08. The number of rotatable bonds is 5. The molecule has 0 spiro atoms. The molecule has 1 aliphatic heterocycles. The van der Waals surface area contributed by atoms with Crippen LogP contribution in [-0.2, 0) is 9.53 Å². The van der Waals surface area contributed by atoms with Gasteiger partial charge in [-0.05, 0) is 42.3 Å². The topological polar surface area (TPSA) is 73.9 Å². The van der Waals surface area contributed by atoms with Crippen LogP contribution in [0.2, 0.25) is 0 Å². The van der Waals surface area contributed by atoms with E-state index in [2.05, 4.69) is 5.32 Å². The van der Waals surface area contributed by atoms with E-state index in [9.17, 15) is 9.59 Å². The zero-order valence-corrected chi connectivity index (χ0v) is 16.5. The Hall–Kier alpha value is -3.80. The SMILES string of the molecule is C[C@@H](OC(=O)c1ccc(-c2ccccc2)cc1)C(=O)Nc1ccc2c(c1)OCCO2. The Morgan fingerprint density at radius 1 is 0.867 bits per heavy atom. The number of amides is 1. The highest BCUT2D eigenvalue weighted by atomic mass is 16.6. The summed E-state index contributed by atoms with van der Waals surface area (Å²) in [6.07, 6.45) is -0.959. The second-order valence-electron chi connectivity index (χ2n) is 6.84. The average Bonchev–Trinajstić information content (AvgIpc) is 2.79. The van der Waals surface area contributed by atoms with Gasteiger partial charge in [0, 0.05) is 11.8 Å². The first-order chi connectivity index (χ1) is 14.6. The number of anilines is 1. The van der Waals surface area contributed by atoms with Crippen molar-refractivity contribution in [2.45, 2.75) is 13.0 Å². The Bertz CT molecular complexity index is 1050. The van der Waals surface area contributed by atoms with Crippen molar-refractivity contribution in [2.24, 2.45) is 0 Å². The van der Waals surface area contributed by atoms with Crippen molar-refractivity contribution in [2.75, 3.05) is 18.5 Å². The number of carbonyl (C=O) groups is 2. The van der Waals surface area contributed by atoms with Crippen LogP contribution in [0.5, 0.6) is 11.5 Å². The molecule has 1 amide bonds. The second-order valence-corrected chi connectivity index (χ2v) is 6.84. The summed E-state index contributed by atoms with van der Waals surface area (Å²) in [6, 6.07) is 22.1. The van der Waals surface area contributed by atoms with Gasteiger partial charge in [-0.25, -0.2) is 4.79 Å². The first kappa shape index (κ1) is 19.5. The van der Waals surface area contributed by atoms with Crippen LogP contribution >= 0.6 is 0 Å². The summed E-state index contributed by atoms with van der Waals surface area (Å²) in [6.45, 7) is 2.49. The van der Waals surface area contributed by atoms with E-state index in [-0.39, 0.29) is 0 Å². The van der Waals surface area contributed by atoms with Gasteiger partial charge < -0.3 is 19.5 Å². The predicted molar refractivity (Wildman–Crippen MR) is 113 cm³/mol. The Morgan fingerprint density at radius 2 is 1.53 bits per heavy atom. The third kappa shape index (κ3) is 4.43. The quantitative estimate of drug-likeness (QED) is 0.643. The number of carbonyl (C=O) groups excluding carboxylic acids is 2. The van der Waals surface area contributed by atoms with Gasteiger partial charge in [-0.2, -0.15) is 0 Å². The summed E-state index contributed by atoms with van der Waals surface area (Å²) in [5, 5.41) is 2.73. The molecule has 6 nitrogen and oxygen atoms in total. The Labute approximate surface area is 174 Å². The van der Waals surface area contributed by atoms with Crippen LogP contribution in [-0.4, -0.2) is 31.2 Å². The smallest absolute Gasteiger partial charge is 0.338 e. The van der Waals surface area contributed by atoms with Crippen LogP contribution < -0.4 is 14.8 Å². The second kappa shape index (κ2) is 8.69. The molecule has 30 heavy (non-hydrogen) atoms. The van der Waals surface area contributed by atoms with E-state index < -0.39 is 18.0 Å². The largest absolute Gasteiger partial charge is 0.486 e. The molecule has 3 aromatic rings. The lowest BCUT2D eigenvalue weighted by Crippen LogP contribution is -2.30. The minimum absolute atomic E-state index is 0.383. The van der Waals surface area contributed by atoms with Crippen LogP contribution in [0, 0.1) is 0 Å². The molecule has 0 aromatic heterocycles. The molecule has 0 aliphatic carbocycles. The van der Waals surface area contributed by atoms with Crippen molar-refractivity contribution in [1.29, 1.82) is 0 Å². The lowest BCUT2D eigenvalue weighted by atomic mass is 10.0. The van der Waals surface area contributed by atoms with E-state index in [1.807, 2.05) is 42.5 Å². The van der Waals surface area contributed by atoms with Gasteiger partial charge in [0.05, 0.1) is 5.56 Å². The van der Waals surface area contributed by atoms with Crippen molar-refractivity contribution in [3.63, 3.8) is 0 Å². The highest BCUT2D eigenvalue weighted by molar-refractivity contribution is 5.97. The van der Waals surface area contributed by atoms with Gasteiger partial charge in [-0.15, -0.1) is 0 Å². The summed E-state index contributed by atoms with van der Waals surface area (Å²) in [5.41, 5.74) is 2.98. The number of hydrogen-bond acceptors (Lipinski definition) is 5. The number of hydrogen-bond donors (Lipinski definition) is 1. The normalized spacial score (nSPS) is 13.2. The molecule has 0 unspecified atom stereocenters. The van der Waals surface area contributed by atoms with Gasteiger partial charge in [0.2, 0.25) is 0 Å². The molecular weight excluding hydrogens is 382 g/mol. The fraction of sp³-hybridized carbons (Fsp3) is 0.167. The summed E-state index contributed by atoms with van der Waals surface area (Å²) in [4.78, 5) is 24.8. The van der Waals surface area contributed by atoms with Gasteiger partial charge in [-0.3, -0.25) is 4.79 Å². The first-order valence-electron chi connectivity index (χ1n) is 9.67. The molecule has 4 rings (SSSR count). The Morgan fingerprint density at radius 3 is 2.27 bits per heavy atom. The Balaban J connectivity index is 1.36. The molecule has 1 aliphatic rings. The zero-order chi connectivity index (χ0) is 20.9. The minimum atomic E-state index is -0.959. The third-order valence-corrected chi connectivity index (χ3v) is 4.69. The average molecular weight is 403 g/mol. The van der Waals surface area contributed by atoms with Gasteiger partial charge in [0.1, 0.15) is 13.2 Å². The van der Waals surface area contributed by atoms with Crippen LogP contribution in [0.15, 0.2) is 72.8 Å². The molecule has 0 bridgehead atoms. The monoisotopic (exact) mass is 403 g/mol. The molecule has 1 atom stereocenters. The number of benzene rings is 3. The molecule has 0 radical (unpaired) electrons.